The average Bonchev–Trinajstić information content (AvgIpc) is 2.62. The molecule has 1 unspecified atom stereocenters. The third kappa shape index (κ3) is 3.90. The molecule has 2 N–H and O–H groups in total. The van der Waals surface area contributed by atoms with Crippen LogP contribution in [0.4, 0.5) is 0 Å². The number of nitrogens with zero attached hydrogens (tertiary/aromatic N) is 2. The van der Waals surface area contributed by atoms with E-state index in [-0.39, 0.29) is 23.8 Å². The van der Waals surface area contributed by atoms with E-state index in [2.05, 4.69) is 0 Å². The maximum atomic E-state index is 12.7. The average molecular weight is 350 g/mol. The summed E-state index contributed by atoms with van der Waals surface area (Å²) in [6.45, 7) is 2.68. The highest BCUT2D eigenvalue weighted by molar-refractivity contribution is 6.30. The van der Waals surface area contributed by atoms with E-state index >= 15 is 0 Å². The van der Waals surface area contributed by atoms with Gasteiger partial charge in [-0.05, 0) is 49.9 Å². The first kappa shape index (κ1) is 17.2. The molecule has 2 fully saturated rings. The summed E-state index contributed by atoms with van der Waals surface area (Å²) in [5.74, 6) is 0.0599. The van der Waals surface area contributed by atoms with E-state index < -0.39 is 0 Å². The van der Waals surface area contributed by atoms with E-state index in [1.54, 1.807) is 29.2 Å². The van der Waals surface area contributed by atoms with Gasteiger partial charge in [-0.1, -0.05) is 11.6 Å². The largest absolute Gasteiger partial charge is 0.342 e. The normalized spacial score (nSPS) is 22.5. The van der Waals surface area contributed by atoms with Gasteiger partial charge in [0.05, 0.1) is 5.92 Å². The quantitative estimate of drug-likeness (QED) is 0.889. The minimum atomic E-state index is -0.0932. The third-order valence-electron chi connectivity index (χ3n) is 5.00. The summed E-state index contributed by atoms with van der Waals surface area (Å²) in [6.07, 6.45) is 3.45. The second-order valence-electron chi connectivity index (χ2n) is 6.76. The molecule has 2 saturated heterocycles. The molecule has 2 aliphatic heterocycles. The number of hydrogen-bond acceptors (Lipinski definition) is 3. The van der Waals surface area contributed by atoms with Crippen molar-refractivity contribution in [3.8, 4) is 0 Å². The van der Waals surface area contributed by atoms with Crippen LogP contribution in [0, 0.1) is 5.92 Å². The molecule has 0 aliphatic carbocycles. The summed E-state index contributed by atoms with van der Waals surface area (Å²) in [5, 5.41) is 0.613. The number of halogens is 1. The van der Waals surface area contributed by atoms with Gasteiger partial charge in [-0.3, -0.25) is 9.59 Å². The van der Waals surface area contributed by atoms with Crippen LogP contribution in [0.3, 0.4) is 0 Å². The monoisotopic (exact) mass is 349 g/mol. The zero-order chi connectivity index (χ0) is 17.1. The predicted octanol–water partition coefficient (Wildman–Crippen LogP) is 2.14. The molecule has 2 heterocycles. The van der Waals surface area contributed by atoms with Crippen LogP contribution in [0.25, 0.3) is 0 Å². The number of carbonyl (C=O) groups excluding carboxylic acids is 2. The van der Waals surface area contributed by atoms with Crippen LogP contribution in [0.15, 0.2) is 24.3 Å². The van der Waals surface area contributed by atoms with Gasteiger partial charge in [0.2, 0.25) is 5.91 Å². The molecule has 0 aromatic heterocycles. The van der Waals surface area contributed by atoms with Gasteiger partial charge < -0.3 is 15.5 Å². The number of hydrogen-bond donors (Lipinski definition) is 1. The second kappa shape index (κ2) is 7.53. The number of benzene rings is 1. The van der Waals surface area contributed by atoms with Crippen LogP contribution in [0.2, 0.25) is 5.02 Å². The van der Waals surface area contributed by atoms with E-state index in [1.165, 1.54) is 0 Å². The maximum Gasteiger partial charge on any atom is 0.253 e. The topological polar surface area (TPSA) is 66.6 Å². The lowest BCUT2D eigenvalue weighted by atomic mass is 9.94. The van der Waals surface area contributed by atoms with Crippen molar-refractivity contribution in [1.29, 1.82) is 0 Å². The standard InChI is InChI=1S/C18H24ClN3O2/c19-15-5-3-13(4-6-15)17(23)22-9-1-2-14(12-22)18(24)21-10-7-16(20)8-11-21/h3-6,14,16H,1-2,7-12,20H2. The van der Waals surface area contributed by atoms with E-state index in [1.807, 2.05) is 4.90 Å². The fourth-order valence-corrected chi connectivity index (χ4v) is 3.64. The van der Waals surface area contributed by atoms with Gasteiger partial charge in [0.1, 0.15) is 0 Å². The second-order valence-corrected chi connectivity index (χ2v) is 7.20. The predicted molar refractivity (Wildman–Crippen MR) is 93.9 cm³/mol. The van der Waals surface area contributed by atoms with E-state index in [4.69, 9.17) is 17.3 Å². The van der Waals surface area contributed by atoms with E-state index in [9.17, 15) is 9.59 Å². The number of nitrogens with two attached hydrogens (primary N) is 1. The highest BCUT2D eigenvalue weighted by atomic mass is 35.5. The minimum absolute atomic E-state index is 0.0233. The molecule has 0 spiro atoms. The van der Waals surface area contributed by atoms with Gasteiger partial charge in [-0.25, -0.2) is 0 Å². The van der Waals surface area contributed by atoms with Gasteiger partial charge >= 0.3 is 0 Å². The molecule has 1 aromatic rings. The highest BCUT2D eigenvalue weighted by Gasteiger charge is 2.32. The SMILES string of the molecule is NC1CCN(C(=O)C2CCCN(C(=O)c3ccc(Cl)cc3)C2)CC1. The van der Waals surface area contributed by atoms with Crippen LogP contribution < -0.4 is 5.73 Å². The van der Waals surface area contributed by atoms with Crippen molar-refractivity contribution < 1.29 is 9.59 Å². The molecule has 5 nitrogen and oxygen atoms in total. The molecule has 0 saturated carbocycles. The van der Waals surface area contributed by atoms with E-state index in [0.717, 1.165) is 38.8 Å². The van der Waals surface area contributed by atoms with Crippen LogP contribution in [-0.4, -0.2) is 53.8 Å². The fourth-order valence-electron chi connectivity index (χ4n) is 3.52. The fraction of sp³-hybridized carbons (Fsp3) is 0.556. The molecule has 3 rings (SSSR count). The minimum Gasteiger partial charge on any atom is -0.342 e. The molecule has 1 atom stereocenters. The molecular weight excluding hydrogens is 326 g/mol. The van der Waals surface area contributed by atoms with Crippen LogP contribution in [0.5, 0.6) is 0 Å². The highest BCUT2D eigenvalue weighted by Crippen LogP contribution is 2.23. The van der Waals surface area contributed by atoms with Crippen molar-refractivity contribution in [2.45, 2.75) is 31.7 Å². The Bertz CT molecular complexity index is 597. The molecule has 2 amide bonds. The lowest BCUT2D eigenvalue weighted by Crippen LogP contribution is -2.50. The molecular formula is C18H24ClN3O2. The van der Waals surface area contributed by atoms with Crippen LogP contribution in [0.1, 0.15) is 36.0 Å². The molecule has 2 aliphatic rings. The number of piperidine rings is 2. The van der Waals surface area contributed by atoms with Gasteiger partial charge in [0.25, 0.3) is 5.91 Å². The van der Waals surface area contributed by atoms with Crippen molar-refractivity contribution in [2.24, 2.45) is 11.7 Å². The molecule has 130 valence electrons. The Labute approximate surface area is 147 Å². The summed E-state index contributed by atoms with van der Waals surface area (Å²) in [7, 11) is 0. The Morgan fingerprint density at radius 2 is 1.67 bits per heavy atom. The first-order chi connectivity index (χ1) is 11.5. The molecule has 24 heavy (non-hydrogen) atoms. The third-order valence-corrected chi connectivity index (χ3v) is 5.25. The Balaban J connectivity index is 1.62. The molecule has 6 heteroatoms. The number of amides is 2. The van der Waals surface area contributed by atoms with Gasteiger partial charge in [0.15, 0.2) is 0 Å². The van der Waals surface area contributed by atoms with Crippen molar-refractivity contribution in [3.05, 3.63) is 34.9 Å². The van der Waals surface area contributed by atoms with Crippen LogP contribution >= 0.6 is 11.6 Å². The first-order valence-electron chi connectivity index (χ1n) is 8.64. The summed E-state index contributed by atoms with van der Waals surface area (Å²) < 4.78 is 0. The number of carbonyl (C=O) groups is 2. The smallest absolute Gasteiger partial charge is 0.253 e. The van der Waals surface area contributed by atoms with Gasteiger partial charge in [-0.15, -0.1) is 0 Å². The summed E-state index contributed by atoms with van der Waals surface area (Å²) in [5.41, 5.74) is 6.53. The van der Waals surface area contributed by atoms with Crippen molar-refractivity contribution in [2.75, 3.05) is 26.2 Å². The van der Waals surface area contributed by atoms with Crippen molar-refractivity contribution >= 4 is 23.4 Å². The summed E-state index contributed by atoms with van der Waals surface area (Å²) in [6, 6.07) is 7.13. The first-order valence-corrected chi connectivity index (χ1v) is 9.01. The summed E-state index contributed by atoms with van der Waals surface area (Å²) >= 11 is 5.88. The maximum absolute atomic E-state index is 12.7. The molecule has 0 bridgehead atoms. The van der Waals surface area contributed by atoms with Crippen molar-refractivity contribution in [3.63, 3.8) is 0 Å². The molecule has 1 aromatic carbocycles. The van der Waals surface area contributed by atoms with Crippen molar-refractivity contribution in [1.82, 2.24) is 9.80 Å². The molecule has 0 radical (unpaired) electrons. The number of likely N-dealkylation sites (tertiary alicyclic amines) is 2. The zero-order valence-corrected chi connectivity index (χ0v) is 14.5. The Kier molecular flexibility index (Phi) is 5.41. The van der Waals surface area contributed by atoms with Gasteiger partial charge in [-0.2, -0.15) is 0 Å². The van der Waals surface area contributed by atoms with Gasteiger partial charge in [0, 0.05) is 42.8 Å². The van der Waals surface area contributed by atoms with E-state index in [0.29, 0.717) is 23.7 Å². The lowest BCUT2D eigenvalue weighted by molar-refractivity contribution is -0.138. The Morgan fingerprint density at radius 1 is 1.00 bits per heavy atom. The lowest BCUT2D eigenvalue weighted by Gasteiger charge is -2.37. The number of rotatable bonds is 2. The van der Waals surface area contributed by atoms with Crippen LogP contribution in [-0.2, 0) is 4.79 Å². The Morgan fingerprint density at radius 3 is 2.33 bits per heavy atom. The summed E-state index contributed by atoms with van der Waals surface area (Å²) in [4.78, 5) is 29.1. The Hall–Kier alpha value is -1.59. The zero-order valence-electron chi connectivity index (χ0n) is 13.8.